The number of aliphatic hydroxyl groups is 4. The summed E-state index contributed by atoms with van der Waals surface area (Å²) in [6, 6.07) is 2.13. The van der Waals surface area contributed by atoms with E-state index in [-0.39, 0.29) is 17.4 Å². The van der Waals surface area contributed by atoms with Crippen LogP contribution in [-0.4, -0.2) is 110 Å². The van der Waals surface area contributed by atoms with Crippen LogP contribution in [0.5, 0.6) is 5.75 Å². The Labute approximate surface area is 244 Å². The lowest BCUT2D eigenvalue weighted by molar-refractivity contribution is -0.169. The summed E-state index contributed by atoms with van der Waals surface area (Å²) < 4.78 is 0. The zero-order valence-corrected chi connectivity index (χ0v) is 24.3. The quantitative estimate of drug-likeness (QED) is 0.184. The maximum Gasteiger partial charge on any atom is 0.255 e. The van der Waals surface area contributed by atoms with Crippen molar-refractivity contribution in [2.75, 3.05) is 39.0 Å². The number of phenolic OH excluding ortho intramolecular Hbond substituents is 1. The van der Waals surface area contributed by atoms with Crippen molar-refractivity contribution in [3.8, 4) is 5.75 Å². The lowest BCUT2D eigenvalue weighted by Gasteiger charge is -2.53. The number of fused-ring (bicyclic) bond motifs is 3. The van der Waals surface area contributed by atoms with Gasteiger partial charge in [-0.15, -0.1) is 0 Å². The van der Waals surface area contributed by atoms with E-state index in [9.17, 15) is 39.9 Å². The molecule has 1 aliphatic heterocycles. The number of aliphatic hydroxyl groups excluding tert-OH is 3. The highest BCUT2D eigenvalue weighted by Gasteiger charge is 2.68. The molecule has 1 saturated heterocycles. The van der Waals surface area contributed by atoms with Gasteiger partial charge in [-0.1, -0.05) is 19.9 Å². The second-order valence-corrected chi connectivity index (χ2v) is 12.2. The molecule has 0 radical (unpaired) electrons. The van der Waals surface area contributed by atoms with Gasteiger partial charge >= 0.3 is 0 Å². The van der Waals surface area contributed by atoms with E-state index >= 15 is 0 Å². The Balaban J connectivity index is 1.60. The lowest BCUT2D eigenvalue weighted by Crippen LogP contribution is -2.70. The molecule has 12 nitrogen and oxygen atoms in total. The molecule has 1 saturated carbocycles. The van der Waals surface area contributed by atoms with Gasteiger partial charge in [-0.05, 0) is 57.5 Å². The molecule has 0 spiro atoms. The van der Waals surface area contributed by atoms with E-state index < -0.39 is 75.6 Å². The summed E-state index contributed by atoms with van der Waals surface area (Å²) in [4.78, 5) is 43.3. The van der Waals surface area contributed by atoms with Crippen LogP contribution in [0.3, 0.4) is 0 Å². The van der Waals surface area contributed by atoms with Gasteiger partial charge in [0.05, 0.1) is 29.3 Å². The summed E-state index contributed by atoms with van der Waals surface area (Å²) in [6.07, 6.45) is 1.18. The molecule has 4 aliphatic rings. The van der Waals surface area contributed by atoms with Gasteiger partial charge in [-0.3, -0.25) is 19.3 Å². The second kappa shape index (κ2) is 10.7. The molecule has 1 aromatic carbocycles. The third-order valence-electron chi connectivity index (χ3n) is 9.62. The van der Waals surface area contributed by atoms with Gasteiger partial charge in [0.1, 0.15) is 22.8 Å². The number of hydrogen-bond acceptors (Lipinski definition) is 11. The van der Waals surface area contributed by atoms with Gasteiger partial charge in [-0.2, -0.15) is 0 Å². The third-order valence-corrected chi connectivity index (χ3v) is 9.62. The smallest absolute Gasteiger partial charge is 0.255 e. The zero-order chi connectivity index (χ0) is 30.8. The monoisotopic (exact) mass is 584 g/mol. The van der Waals surface area contributed by atoms with Crippen LogP contribution in [0.4, 0.5) is 5.69 Å². The van der Waals surface area contributed by atoms with Gasteiger partial charge in [0.25, 0.3) is 5.91 Å². The highest BCUT2D eigenvalue weighted by molar-refractivity contribution is 6.24. The molecule has 2 fully saturated rings. The van der Waals surface area contributed by atoms with Crippen LogP contribution in [-0.2, 0) is 14.4 Å². The highest BCUT2D eigenvalue weighted by Crippen LogP contribution is 2.56. The number of hydrogen-bond donors (Lipinski definition) is 7. The first-order valence-corrected chi connectivity index (χ1v) is 14.4. The van der Waals surface area contributed by atoms with Crippen LogP contribution in [0, 0.1) is 11.8 Å². The minimum Gasteiger partial charge on any atom is -0.508 e. The van der Waals surface area contributed by atoms with Crippen LogP contribution in [0.25, 0.3) is 5.76 Å². The van der Waals surface area contributed by atoms with Crippen LogP contribution in [0.2, 0.25) is 0 Å². The van der Waals surface area contributed by atoms with E-state index in [0.29, 0.717) is 11.3 Å². The molecule has 42 heavy (non-hydrogen) atoms. The minimum atomic E-state index is -2.93. The van der Waals surface area contributed by atoms with Crippen molar-refractivity contribution in [1.82, 2.24) is 9.80 Å². The number of ketones is 2. The Morgan fingerprint density at radius 3 is 2.38 bits per heavy atom. The summed E-state index contributed by atoms with van der Waals surface area (Å²) in [5.74, 6) is -8.92. The van der Waals surface area contributed by atoms with Gasteiger partial charge < -0.3 is 41.5 Å². The number of rotatable bonds is 6. The Morgan fingerprint density at radius 2 is 1.81 bits per heavy atom. The normalized spacial score (nSPS) is 32.1. The standard InChI is InChI=1S/C30H40N4O8/c1-5-10-34-11-8-14(9-12-34)32-16-7-6-15-13(2)17-19(24(36)18(15)23(16)35)27(39)30(42)21(25(17)37)22(33(3)4)26(38)20(28(30)40)29(31)41/h6-7,13-14,17,21-22,25,32,35-37,40,42H,5,8-12H2,1-4H3,(H2,31,41)/t13-,17+,21+,22-,25-,30-/m1/s1. The fourth-order valence-electron chi connectivity index (χ4n) is 7.57. The maximum atomic E-state index is 14.1. The number of likely N-dealkylation sites (tertiary alicyclic amines) is 1. The first-order valence-electron chi connectivity index (χ1n) is 14.4. The van der Waals surface area contributed by atoms with E-state index in [1.165, 1.54) is 19.0 Å². The number of piperidine rings is 1. The number of Topliss-reactive ketones (excluding diaryl/α,β-unsaturated/α-hetero) is 2. The number of amides is 1. The molecule has 1 amide bonds. The van der Waals surface area contributed by atoms with Crippen molar-refractivity contribution >= 4 is 28.9 Å². The summed E-state index contributed by atoms with van der Waals surface area (Å²) >= 11 is 0. The Morgan fingerprint density at radius 1 is 1.17 bits per heavy atom. The third kappa shape index (κ3) is 4.23. The Hall–Kier alpha value is -3.45. The summed E-state index contributed by atoms with van der Waals surface area (Å²) in [5, 5.41) is 60.8. The molecular formula is C30H40N4O8. The number of likely N-dealkylation sites (N-methyl/N-ethyl adjacent to an activating group) is 1. The van der Waals surface area contributed by atoms with Crippen LogP contribution in [0.1, 0.15) is 50.2 Å². The van der Waals surface area contributed by atoms with Crippen molar-refractivity contribution < 1.29 is 39.9 Å². The fraction of sp³-hybridized carbons (Fsp3) is 0.567. The van der Waals surface area contributed by atoms with Crippen LogP contribution < -0.4 is 11.1 Å². The number of nitrogens with zero attached hydrogens (tertiary/aromatic N) is 2. The molecule has 228 valence electrons. The first kappa shape index (κ1) is 30.0. The average Bonchev–Trinajstić information content (AvgIpc) is 2.92. The summed E-state index contributed by atoms with van der Waals surface area (Å²) in [5.41, 5.74) is 1.93. The number of benzene rings is 1. The number of carbonyl (C=O) groups excluding carboxylic acids is 3. The van der Waals surface area contributed by atoms with Crippen molar-refractivity contribution in [3.63, 3.8) is 0 Å². The molecule has 3 aliphatic carbocycles. The van der Waals surface area contributed by atoms with Gasteiger partial charge in [0.15, 0.2) is 11.4 Å². The van der Waals surface area contributed by atoms with E-state index in [1.54, 1.807) is 19.1 Å². The number of carbonyl (C=O) groups is 3. The zero-order valence-electron chi connectivity index (χ0n) is 24.3. The number of phenols is 1. The largest absolute Gasteiger partial charge is 0.508 e. The molecule has 1 heterocycles. The predicted molar refractivity (Wildman–Crippen MR) is 154 cm³/mol. The predicted octanol–water partition coefficient (Wildman–Crippen LogP) is 0.782. The highest BCUT2D eigenvalue weighted by atomic mass is 16.4. The molecule has 0 bridgehead atoms. The number of primary amides is 1. The molecule has 6 atom stereocenters. The topological polar surface area (TPSA) is 197 Å². The van der Waals surface area contributed by atoms with E-state index in [1.807, 2.05) is 0 Å². The molecular weight excluding hydrogens is 544 g/mol. The molecule has 0 aromatic heterocycles. The fourth-order valence-corrected chi connectivity index (χ4v) is 7.57. The van der Waals surface area contributed by atoms with Crippen molar-refractivity contribution in [1.29, 1.82) is 0 Å². The van der Waals surface area contributed by atoms with Crippen molar-refractivity contribution in [3.05, 3.63) is 40.2 Å². The lowest BCUT2D eigenvalue weighted by atomic mass is 9.54. The molecule has 1 aromatic rings. The molecule has 12 heteroatoms. The van der Waals surface area contributed by atoms with E-state index in [0.717, 1.165) is 38.9 Å². The van der Waals surface area contributed by atoms with E-state index in [4.69, 9.17) is 5.73 Å². The molecule has 8 N–H and O–H groups in total. The van der Waals surface area contributed by atoms with Crippen LogP contribution >= 0.6 is 0 Å². The second-order valence-electron chi connectivity index (χ2n) is 12.2. The van der Waals surface area contributed by atoms with Crippen molar-refractivity contribution in [2.45, 2.75) is 62.8 Å². The SMILES string of the molecule is CCCN1CCC(Nc2ccc3c(c2O)C(O)=C2C(=O)[C@@]4(O)C(O)=C(C(N)=O)C(=O)[C@H](N(C)C)[C@H]4[C@H](O)[C@H]2[C@@H]3C)CC1. The summed E-state index contributed by atoms with van der Waals surface area (Å²) in [7, 11) is 2.95. The molecule has 5 rings (SSSR count). The first-order chi connectivity index (χ1) is 19.8. The summed E-state index contributed by atoms with van der Waals surface area (Å²) in [6.45, 7) is 6.71. The Bertz CT molecular complexity index is 1400. The number of anilines is 1. The van der Waals surface area contributed by atoms with Gasteiger partial charge in [0.2, 0.25) is 5.78 Å². The van der Waals surface area contributed by atoms with Crippen LogP contribution in [0.15, 0.2) is 29.0 Å². The van der Waals surface area contributed by atoms with Gasteiger partial charge in [0, 0.05) is 30.6 Å². The molecule has 0 unspecified atom stereocenters. The van der Waals surface area contributed by atoms with Crippen molar-refractivity contribution in [2.24, 2.45) is 17.6 Å². The minimum absolute atomic E-state index is 0.0144. The Kier molecular flexibility index (Phi) is 7.63. The average molecular weight is 585 g/mol. The van der Waals surface area contributed by atoms with E-state index in [2.05, 4.69) is 17.1 Å². The number of nitrogens with two attached hydrogens (primary N) is 1. The number of nitrogens with one attached hydrogen (secondary N) is 1. The van der Waals surface area contributed by atoms with Gasteiger partial charge in [-0.25, -0.2) is 0 Å². The maximum absolute atomic E-state index is 14.1. The number of aromatic hydroxyl groups is 1.